The van der Waals surface area contributed by atoms with Crippen LogP contribution in [-0.2, 0) is 16.6 Å². The van der Waals surface area contributed by atoms with Gasteiger partial charge in [-0.1, -0.05) is 36.4 Å². The molecule has 2 aliphatic heterocycles. The standard InChI is InChI=1S/C29H30BrN5O2S/c1-21(33-17-22-6-4-12-31-16-22)14-28(34-29-19-32-18-27(29)30)25-9-5-13-35(20-25)38(36,37)26-11-10-23-7-2-3-8-24(23)15-26/h2-4,6-8,10-12,14-16,18,25,33H,5,9,13,17,19-20H2,1H3/b21-14+,34-28+. The largest absolute Gasteiger partial charge is 0.384 e. The molecule has 2 aromatic carbocycles. The maximum absolute atomic E-state index is 13.7. The zero-order chi connectivity index (χ0) is 26.5. The van der Waals surface area contributed by atoms with Crippen LogP contribution in [0.3, 0.4) is 0 Å². The smallest absolute Gasteiger partial charge is 0.243 e. The van der Waals surface area contributed by atoms with Crippen LogP contribution >= 0.6 is 15.9 Å². The molecule has 1 N–H and O–H groups in total. The van der Waals surface area contributed by atoms with Crippen LogP contribution in [0.1, 0.15) is 25.3 Å². The molecule has 0 radical (unpaired) electrons. The highest BCUT2D eigenvalue weighted by Gasteiger charge is 2.32. The Balaban J connectivity index is 1.40. The summed E-state index contributed by atoms with van der Waals surface area (Å²) < 4.78 is 29.9. The van der Waals surface area contributed by atoms with Gasteiger partial charge in [-0.05, 0) is 76.3 Å². The van der Waals surface area contributed by atoms with Gasteiger partial charge in [0, 0.05) is 55.6 Å². The Bertz CT molecular complexity index is 1550. The first-order chi connectivity index (χ1) is 18.4. The lowest BCUT2D eigenvalue weighted by Gasteiger charge is -2.32. The van der Waals surface area contributed by atoms with Gasteiger partial charge in [0.15, 0.2) is 0 Å². The molecule has 0 bridgehead atoms. The van der Waals surface area contributed by atoms with E-state index < -0.39 is 10.0 Å². The number of hydrogen-bond donors (Lipinski definition) is 1. The Kier molecular flexibility index (Phi) is 8.16. The van der Waals surface area contributed by atoms with Crippen LogP contribution in [0.5, 0.6) is 0 Å². The number of pyridine rings is 1. The van der Waals surface area contributed by atoms with Gasteiger partial charge in [0.1, 0.15) is 0 Å². The number of aliphatic imine (C=N–C) groups is 2. The van der Waals surface area contributed by atoms with Gasteiger partial charge in [0.25, 0.3) is 0 Å². The first-order valence-corrected chi connectivity index (χ1v) is 14.9. The minimum atomic E-state index is -3.64. The number of aromatic nitrogens is 1. The Morgan fingerprint density at radius 2 is 2.03 bits per heavy atom. The van der Waals surface area contributed by atoms with Crippen molar-refractivity contribution in [2.75, 3.05) is 19.6 Å². The number of nitrogens with zero attached hydrogens (tertiary/aromatic N) is 4. The quantitative estimate of drug-likeness (QED) is 0.352. The number of sulfonamides is 1. The van der Waals surface area contributed by atoms with Gasteiger partial charge in [-0.2, -0.15) is 4.31 Å². The lowest BCUT2D eigenvalue weighted by Crippen LogP contribution is -2.42. The van der Waals surface area contributed by atoms with E-state index in [0.29, 0.717) is 31.1 Å². The number of hydrogen-bond acceptors (Lipinski definition) is 6. The van der Waals surface area contributed by atoms with Crippen LogP contribution < -0.4 is 5.32 Å². The summed E-state index contributed by atoms with van der Waals surface area (Å²) in [5.41, 5.74) is 3.75. The molecule has 2 aliphatic rings. The highest BCUT2D eigenvalue weighted by molar-refractivity contribution is 9.12. The summed E-state index contributed by atoms with van der Waals surface area (Å²) in [6.45, 7) is 4.04. The topological polar surface area (TPSA) is 87.0 Å². The van der Waals surface area contributed by atoms with Crippen LogP contribution in [0.15, 0.2) is 104 Å². The lowest BCUT2D eigenvalue weighted by atomic mass is 9.93. The van der Waals surface area contributed by atoms with E-state index in [2.05, 4.69) is 31.2 Å². The molecule has 3 heterocycles. The summed E-state index contributed by atoms with van der Waals surface area (Å²) in [7, 11) is -3.64. The van der Waals surface area contributed by atoms with Crippen molar-refractivity contribution in [3.8, 4) is 0 Å². The summed E-state index contributed by atoms with van der Waals surface area (Å²) in [6.07, 6.45) is 9.03. The van der Waals surface area contributed by atoms with Gasteiger partial charge in [-0.25, -0.2) is 8.42 Å². The first-order valence-electron chi connectivity index (χ1n) is 12.7. The van der Waals surface area contributed by atoms with E-state index in [1.807, 2.05) is 61.7 Å². The molecular weight excluding hydrogens is 562 g/mol. The van der Waals surface area contributed by atoms with Crippen LogP contribution in [0.2, 0.25) is 0 Å². The third kappa shape index (κ3) is 6.11. The lowest BCUT2D eigenvalue weighted by molar-refractivity contribution is 0.312. The fraction of sp³-hybridized carbons (Fsp3) is 0.276. The van der Waals surface area contributed by atoms with E-state index >= 15 is 0 Å². The molecule has 0 saturated carbocycles. The van der Waals surface area contributed by atoms with Crippen LogP contribution in [0, 0.1) is 5.92 Å². The van der Waals surface area contributed by atoms with Crippen molar-refractivity contribution in [2.45, 2.75) is 31.2 Å². The van der Waals surface area contributed by atoms with Gasteiger partial charge in [0.2, 0.25) is 10.0 Å². The van der Waals surface area contributed by atoms with Crippen molar-refractivity contribution in [2.24, 2.45) is 15.9 Å². The van der Waals surface area contributed by atoms with Crippen molar-refractivity contribution in [3.05, 3.63) is 94.5 Å². The molecule has 1 atom stereocenters. The Labute approximate surface area is 232 Å². The summed E-state index contributed by atoms with van der Waals surface area (Å²) in [5, 5.41) is 5.38. The molecule has 196 valence electrons. The van der Waals surface area contributed by atoms with E-state index in [1.54, 1.807) is 28.8 Å². The zero-order valence-corrected chi connectivity index (χ0v) is 23.6. The van der Waals surface area contributed by atoms with Gasteiger partial charge < -0.3 is 5.32 Å². The normalized spacial score (nSPS) is 19.4. The van der Waals surface area contributed by atoms with Crippen molar-refractivity contribution < 1.29 is 8.42 Å². The van der Waals surface area contributed by atoms with Gasteiger partial charge in [-0.3, -0.25) is 15.0 Å². The second-order valence-corrected chi connectivity index (χ2v) is 12.3. The number of benzene rings is 2. The van der Waals surface area contributed by atoms with Crippen molar-refractivity contribution in [1.82, 2.24) is 14.6 Å². The molecule has 9 heteroatoms. The minimum Gasteiger partial charge on any atom is -0.384 e. The monoisotopic (exact) mass is 591 g/mol. The number of rotatable bonds is 8. The molecule has 1 aromatic heterocycles. The third-order valence-electron chi connectivity index (χ3n) is 6.81. The minimum absolute atomic E-state index is 0.0393. The number of fused-ring (bicyclic) bond motifs is 1. The molecule has 1 unspecified atom stereocenters. The highest BCUT2D eigenvalue weighted by atomic mass is 79.9. The SMILES string of the molecule is C/C(=C\C(=N/C1=C(Br)C=NC1)C1CCCN(S(=O)(=O)c2ccc3ccccc3c2)C1)NCc1cccnc1. The summed E-state index contributed by atoms with van der Waals surface area (Å²) in [6, 6.07) is 17.1. The third-order valence-corrected chi connectivity index (χ3v) is 9.33. The molecule has 1 fully saturated rings. The van der Waals surface area contributed by atoms with E-state index in [1.165, 1.54) is 0 Å². The summed E-state index contributed by atoms with van der Waals surface area (Å²) >= 11 is 3.55. The number of allylic oxidation sites excluding steroid dienone is 3. The highest BCUT2D eigenvalue weighted by Crippen LogP contribution is 2.28. The summed E-state index contributed by atoms with van der Waals surface area (Å²) in [4.78, 5) is 13.8. The molecule has 0 spiro atoms. The zero-order valence-electron chi connectivity index (χ0n) is 21.2. The van der Waals surface area contributed by atoms with E-state index in [9.17, 15) is 8.42 Å². The summed E-state index contributed by atoms with van der Waals surface area (Å²) in [5.74, 6) is -0.0393. The molecule has 7 nitrogen and oxygen atoms in total. The van der Waals surface area contributed by atoms with Gasteiger partial charge >= 0.3 is 0 Å². The van der Waals surface area contributed by atoms with E-state index in [-0.39, 0.29) is 5.92 Å². The van der Waals surface area contributed by atoms with Crippen LogP contribution in [0.4, 0.5) is 0 Å². The number of halogens is 1. The van der Waals surface area contributed by atoms with Crippen LogP contribution in [0.25, 0.3) is 10.8 Å². The molecule has 1 saturated heterocycles. The fourth-order valence-electron chi connectivity index (χ4n) is 4.74. The molecule has 5 rings (SSSR count). The molecular formula is C29H30BrN5O2S. The molecule has 0 aliphatic carbocycles. The van der Waals surface area contributed by atoms with E-state index in [0.717, 1.165) is 50.8 Å². The van der Waals surface area contributed by atoms with Crippen molar-refractivity contribution >= 4 is 48.7 Å². The molecule has 38 heavy (non-hydrogen) atoms. The average Bonchev–Trinajstić information content (AvgIpc) is 3.36. The van der Waals surface area contributed by atoms with Gasteiger partial charge in [0.05, 0.1) is 21.6 Å². The molecule has 3 aromatic rings. The van der Waals surface area contributed by atoms with Crippen molar-refractivity contribution in [3.63, 3.8) is 0 Å². The van der Waals surface area contributed by atoms with Crippen LogP contribution in [-0.4, -0.2) is 49.3 Å². The Hall–Kier alpha value is -3.14. The maximum Gasteiger partial charge on any atom is 0.243 e. The second-order valence-electron chi connectivity index (χ2n) is 9.55. The number of piperidine rings is 1. The predicted octanol–water partition coefficient (Wildman–Crippen LogP) is 5.46. The Morgan fingerprint density at radius 1 is 1.18 bits per heavy atom. The second kappa shape index (κ2) is 11.7. The number of nitrogens with one attached hydrogen (secondary N) is 1. The van der Waals surface area contributed by atoms with Gasteiger partial charge in [-0.15, -0.1) is 0 Å². The fourth-order valence-corrected chi connectivity index (χ4v) is 6.66. The van der Waals surface area contributed by atoms with Crippen molar-refractivity contribution in [1.29, 1.82) is 0 Å². The Morgan fingerprint density at radius 3 is 2.79 bits per heavy atom. The first kappa shape index (κ1) is 26.5. The maximum atomic E-state index is 13.7. The average molecular weight is 593 g/mol. The predicted molar refractivity (Wildman–Crippen MR) is 157 cm³/mol. The molecule has 0 amide bonds. The van der Waals surface area contributed by atoms with E-state index in [4.69, 9.17) is 4.99 Å².